The van der Waals surface area contributed by atoms with Crippen molar-refractivity contribution in [3.63, 3.8) is 0 Å². The Morgan fingerprint density at radius 1 is 1.07 bits per heavy atom. The molecule has 2 heterocycles. The van der Waals surface area contributed by atoms with Gasteiger partial charge < -0.3 is 24.6 Å². The fraction of sp³-hybridized carbons (Fsp3) is 0.176. The molecule has 3 aromatic rings. The highest BCUT2D eigenvalue weighted by Gasteiger charge is 2.15. The predicted octanol–water partition coefficient (Wildman–Crippen LogP) is 3.44. The first-order valence-corrected chi connectivity index (χ1v) is 8.13. The number of aromatic nitrogens is 3. The molecule has 0 unspecified atom stereocenters. The second kappa shape index (κ2) is 7.92. The number of anilines is 3. The van der Waals surface area contributed by atoms with Gasteiger partial charge in [0.05, 0.1) is 37.3 Å². The number of halogens is 1. The summed E-state index contributed by atoms with van der Waals surface area (Å²) in [5, 5.41) is 9.78. The third-order valence-electron chi connectivity index (χ3n) is 3.49. The number of nitrogens with zero attached hydrogens (tertiary/aromatic N) is 3. The Balaban J connectivity index is 1.74. The number of carbonyl (C=O) groups is 1. The molecule has 0 atom stereocenters. The van der Waals surface area contributed by atoms with E-state index in [0.29, 0.717) is 39.6 Å². The van der Waals surface area contributed by atoms with Crippen LogP contribution in [0.4, 0.5) is 17.3 Å². The molecule has 0 saturated carbocycles. The van der Waals surface area contributed by atoms with E-state index < -0.39 is 5.91 Å². The molecule has 10 heteroatoms. The molecule has 0 bridgehead atoms. The lowest BCUT2D eigenvalue weighted by atomic mass is 10.2. The van der Waals surface area contributed by atoms with Crippen molar-refractivity contribution in [1.82, 2.24) is 15.1 Å². The molecule has 0 radical (unpaired) electrons. The molecule has 1 amide bonds. The lowest BCUT2D eigenvalue weighted by Crippen LogP contribution is -2.15. The van der Waals surface area contributed by atoms with Crippen LogP contribution in [0.3, 0.4) is 0 Å². The van der Waals surface area contributed by atoms with Crippen molar-refractivity contribution < 1.29 is 18.8 Å². The maximum atomic E-state index is 12.4. The molecule has 0 aliphatic carbocycles. The lowest BCUT2D eigenvalue weighted by Gasteiger charge is -2.13. The summed E-state index contributed by atoms with van der Waals surface area (Å²) in [4.78, 5) is 20.7. The average Bonchev–Trinajstić information content (AvgIpc) is 3.08. The Hall–Kier alpha value is -3.33. The molecule has 140 valence electrons. The Morgan fingerprint density at radius 2 is 1.85 bits per heavy atom. The van der Waals surface area contributed by atoms with Gasteiger partial charge in [0, 0.05) is 18.2 Å². The number of hydrogen-bond acceptors (Lipinski definition) is 8. The van der Waals surface area contributed by atoms with Crippen LogP contribution in [0.1, 0.15) is 16.2 Å². The minimum Gasteiger partial charge on any atom is -0.495 e. The van der Waals surface area contributed by atoms with E-state index in [0.717, 1.165) is 0 Å². The zero-order valence-electron chi connectivity index (χ0n) is 14.7. The van der Waals surface area contributed by atoms with Crippen LogP contribution >= 0.6 is 11.6 Å². The Morgan fingerprint density at radius 3 is 2.44 bits per heavy atom. The highest BCUT2D eigenvalue weighted by molar-refractivity contribution is 6.32. The van der Waals surface area contributed by atoms with Crippen LogP contribution in [-0.2, 0) is 0 Å². The van der Waals surface area contributed by atoms with Crippen molar-refractivity contribution in [3.8, 4) is 11.5 Å². The summed E-state index contributed by atoms with van der Waals surface area (Å²) in [7, 11) is 2.95. The van der Waals surface area contributed by atoms with Crippen molar-refractivity contribution in [2.24, 2.45) is 0 Å². The lowest BCUT2D eigenvalue weighted by molar-refractivity contribution is 0.102. The maximum absolute atomic E-state index is 12.4. The largest absolute Gasteiger partial charge is 0.495 e. The van der Waals surface area contributed by atoms with Gasteiger partial charge in [-0.2, -0.15) is 0 Å². The Labute approximate surface area is 159 Å². The molecular formula is C17H16ClN5O4. The molecule has 3 rings (SSSR count). The highest BCUT2D eigenvalue weighted by atomic mass is 35.5. The molecule has 27 heavy (non-hydrogen) atoms. The van der Waals surface area contributed by atoms with E-state index >= 15 is 0 Å². The summed E-state index contributed by atoms with van der Waals surface area (Å²) in [5.74, 6) is 1.91. The Kier molecular flexibility index (Phi) is 5.41. The van der Waals surface area contributed by atoms with Crippen molar-refractivity contribution in [2.75, 3.05) is 24.9 Å². The topological polar surface area (TPSA) is 111 Å². The van der Waals surface area contributed by atoms with Gasteiger partial charge in [0.15, 0.2) is 5.82 Å². The molecule has 0 fully saturated rings. The smallest absolute Gasteiger partial charge is 0.275 e. The van der Waals surface area contributed by atoms with Crippen molar-refractivity contribution in [2.45, 2.75) is 6.92 Å². The number of ether oxygens (including phenoxy) is 2. The second-order valence-electron chi connectivity index (χ2n) is 5.38. The van der Waals surface area contributed by atoms with E-state index in [1.54, 1.807) is 25.1 Å². The summed E-state index contributed by atoms with van der Waals surface area (Å²) in [5.41, 5.74) is 0.513. The standard InChI is InChI=1S/C17H16ClN5O4/c1-9-4-15(23-27-9)22-16-8-19-12(7-20-16)17(24)21-11-6-13(25-2)10(18)5-14(11)26-3/h4-8H,1-3H3,(H,21,24)(H,20,22,23). The number of benzene rings is 1. The van der Waals surface area contributed by atoms with Crippen LogP contribution in [0, 0.1) is 6.92 Å². The summed E-state index contributed by atoms with van der Waals surface area (Å²) in [6.07, 6.45) is 2.75. The molecule has 0 aliphatic heterocycles. The fourth-order valence-corrected chi connectivity index (χ4v) is 2.44. The number of methoxy groups -OCH3 is 2. The van der Waals surface area contributed by atoms with Crippen LogP contribution in [0.5, 0.6) is 11.5 Å². The molecule has 1 aromatic carbocycles. The normalized spacial score (nSPS) is 10.4. The number of hydrogen-bond donors (Lipinski definition) is 2. The molecule has 0 spiro atoms. The van der Waals surface area contributed by atoms with Gasteiger partial charge in [-0.1, -0.05) is 16.8 Å². The van der Waals surface area contributed by atoms with Gasteiger partial charge >= 0.3 is 0 Å². The minimum atomic E-state index is -0.464. The van der Waals surface area contributed by atoms with Crippen molar-refractivity contribution in [1.29, 1.82) is 0 Å². The number of rotatable bonds is 6. The third kappa shape index (κ3) is 4.26. The van der Waals surface area contributed by atoms with Gasteiger partial charge in [0.2, 0.25) is 0 Å². The van der Waals surface area contributed by atoms with Gasteiger partial charge in [-0.05, 0) is 6.92 Å². The summed E-state index contributed by atoms with van der Waals surface area (Å²) in [6.45, 7) is 1.78. The van der Waals surface area contributed by atoms with Gasteiger partial charge in [-0.15, -0.1) is 0 Å². The highest BCUT2D eigenvalue weighted by Crippen LogP contribution is 2.36. The zero-order valence-corrected chi connectivity index (χ0v) is 15.5. The average molecular weight is 390 g/mol. The van der Waals surface area contributed by atoms with Crippen LogP contribution in [0.25, 0.3) is 0 Å². The predicted molar refractivity (Wildman–Crippen MR) is 99.1 cm³/mol. The second-order valence-corrected chi connectivity index (χ2v) is 5.78. The van der Waals surface area contributed by atoms with E-state index in [2.05, 4.69) is 25.8 Å². The van der Waals surface area contributed by atoms with E-state index in [1.165, 1.54) is 26.6 Å². The molecule has 9 nitrogen and oxygen atoms in total. The summed E-state index contributed by atoms with van der Waals surface area (Å²) >= 11 is 6.06. The van der Waals surface area contributed by atoms with E-state index in [4.69, 9.17) is 25.6 Å². The molecule has 0 saturated heterocycles. The summed E-state index contributed by atoms with van der Waals surface area (Å²) < 4.78 is 15.3. The fourth-order valence-electron chi connectivity index (χ4n) is 2.21. The quantitative estimate of drug-likeness (QED) is 0.659. The monoisotopic (exact) mass is 389 g/mol. The molecule has 2 N–H and O–H groups in total. The molecule has 0 aliphatic rings. The summed E-state index contributed by atoms with van der Waals surface area (Å²) in [6, 6.07) is 4.83. The van der Waals surface area contributed by atoms with E-state index in [1.807, 2.05) is 0 Å². The van der Waals surface area contributed by atoms with Crippen LogP contribution in [0.15, 0.2) is 35.1 Å². The zero-order chi connectivity index (χ0) is 19.4. The van der Waals surface area contributed by atoms with Gasteiger partial charge in [-0.25, -0.2) is 9.97 Å². The van der Waals surface area contributed by atoms with Crippen LogP contribution < -0.4 is 20.1 Å². The number of nitrogens with one attached hydrogen (secondary N) is 2. The SMILES string of the molecule is COc1cc(NC(=O)c2cnc(Nc3cc(C)on3)cn2)c(OC)cc1Cl. The first kappa shape index (κ1) is 18.5. The first-order chi connectivity index (χ1) is 13.0. The van der Waals surface area contributed by atoms with Gasteiger partial charge in [0.1, 0.15) is 28.8 Å². The molecule has 2 aromatic heterocycles. The van der Waals surface area contributed by atoms with Gasteiger partial charge in [-0.3, -0.25) is 4.79 Å². The van der Waals surface area contributed by atoms with E-state index in [-0.39, 0.29) is 5.69 Å². The third-order valence-corrected chi connectivity index (χ3v) is 3.79. The first-order valence-electron chi connectivity index (χ1n) is 7.75. The van der Waals surface area contributed by atoms with Crippen LogP contribution in [0.2, 0.25) is 5.02 Å². The van der Waals surface area contributed by atoms with Crippen LogP contribution in [-0.4, -0.2) is 35.3 Å². The van der Waals surface area contributed by atoms with Crippen molar-refractivity contribution >= 4 is 34.8 Å². The maximum Gasteiger partial charge on any atom is 0.275 e. The number of carbonyl (C=O) groups excluding carboxylic acids is 1. The van der Waals surface area contributed by atoms with Gasteiger partial charge in [0.25, 0.3) is 5.91 Å². The minimum absolute atomic E-state index is 0.118. The number of aryl methyl sites for hydroxylation is 1. The molecular weight excluding hydrogens is 374 g/mol. The number of amides is 1. The van der Waals surface area contributed by atoms with Crippen molar-refractivity contribution in [3.05, 3.63) is 47.1 Å². The Bertz CT molecular complexity index is 958. The van der Waals surface area contributed by atoms with E-state index in [9.17, 15) is 4.79 Å².